The van der Waals surface area contributed by atoms with Gasteiger partial charge in [-0.25, -0.2) is 15.0 Å². The van der Waals surface area contributed by atoms with Gasteiger partial charge in [-0.3, -0.25) is 4.79 Å². The molecule has 4 heterocycles. The topological polar surface area (TPSA) is 86.3 Å². The van der Waals surface area contributed by atoms with Crippen molar-refractivity contribution in [2.45, 2.75) is 38.5 Å². The minimum Gasteiger partial charge on any atom is -0.368 e. The maximum atomic E-state index is 13.0. The van der Waals surface area contributed by atoms with Gasteiger partial charge in [0.2, 0.25) is 5.95 Å². The van der Waals surface area contributed by atoms with Crippen LogP contribution in [0.4, 0.5) is 17.5 Å². The van der Waals surface area contributed by atoms with Gasteiger partial charge in [-0.2, -0.15) is 0 Å². The first-order valence-electron chi connectivity index (χ1n) is 12.2. The average molecular weight is 480 g/mol. The lowest BCUT2D eigenvalue weighted by Crippen LogP contribution is -2.43. The molecule has 9 heteroatoms. The van der Waals surface area contributed by atoms with E-state index in [0.29, 0.717) is 17.7 Å². The van der Waals surface area contributed by atoms with Crippen LogP contribution in [0.3, 0.4) is 0 Å². The molecule has 34 heavy (non-hydrogen) atoms. The van der Waals surface area contributed by atoms with Crippen LogP contribution in [0.1, 0.15) is 53.8 Å². The third-order valence-corrected chi connectivity index (χ3v) is 8.08. The highest BCUT2D eigenvalue weighted by Crippen LogP contribution is 2.43. The molecule has 3 aromatic rings. The molecular formula is C25H33N7OS. The maximum absolute atomic E-state index is 13.0. The highest BCUT2D eigenvalue weighted by Gasteiger charge is 2.29. The Morgan fingerprint density at radius 2 is 1.88 bits per heavy atom. The number of nitrogens with one attached hydrogen (secondary N) is 2. The van der Waals surface area contributed by atoms with Crippen LogP contribution in [-0.4, -0.2) is 66.0 Å². The number of pyridine rings is 1. The molecular weight excluding hydrogens is 446 g/mol. The Morgan fingerprint density at radius 1 is 1.12 bits per heavy atom. The van der Waals surface area contributed by atoms with Crippen LogP contribution in [0.2, 0.25) is 0 Å². The van der Waals surface area contributed by atoms with Gasteiger partial charge >= 0.3 is 0 Å². The molecule has 0 bridgehead atoms. The molecule has 1 saturated carbocycles. The lowest BCUT2D eigenvalue weighted by atomic mass is 9.79. The van der Waals surface area contributed by atoms with Crippen molar-refractivity contribution in [1.82, 2.24) is 25.2 Å². The van der Waals surface area contributed by atoms with Crippen LogP contribution in [0.15, 0.2) is 24.5 Å². The molecule has 1 aliphatic heterocycles. The molecule has 2 aliphatic rings. The van der Waals surface area contributed by atoms with E-state index < -0.39 is 0 Å². The molecule has 5 rings (SSSR count). The van der Waals surface area contributed by atoms with Gasteiger partial charge in [0.25, 0.3) is 5.91 Å². The minimum absolute atomic E-state index is 0.0521. The Balaban J connectivity index is 1.43. The fourth-order valence-electron chi connectivity index (χ4n) is 4.95. The number of hydrogen-bond donors (Lipinski definition) is 2. The van der Waals surface area contributed by atoms with Gasteiger partial charge in [0.05, 0.1) is 33.2 Å². The van der Waals surface area contributed by atoms with Crippen molar-refractivity contribution in [2.24, 2.45) is 5.92 Å². The Morgan fingerprint density at radius 3 is 2.56 bits per heavy atom. The number of amides is 1. The summed E-state index contributed by atoms with van der Waals surface area (Å²) < 4.78 is 0.964. The normalized spacial score (nSPS) is 21.0. The molecule has 1 aliphatic carbocycles. The van der Waals surface area contributed by atoms with E-state index >= 15 is 0 Å². The lowest BCUT2D eigenvalue weighted by molar-refractivity contribution is 0.0830. The Hall–Kier alpha value is -2.78. The predicted octanol–water partition coefficient (Wildman–Crippen LogP) is 4.24. The number of rotatable bonds is 5. The van der Waals surface area contributed by atoms with Crippen molar-refractivity contribution in [2.75, 3.05) is 50.5 Å². The van der Waals surface area contributed by atoms with E-state index in [1.165, 1.54) is 24.2 Å². The van der Waals surface area contributed by atoms with E-state index in [1.807, 2.05) is 32.6 Å². The fourth-order valence-corrected chi connectivity index (χ4v) is 6.17. The molecule has 0 radical (unpaired) electrons. The first-order valence-corrected chi connectivity index (χ1v) is 13.0. The molecule has 2 fully saturated rings. The Bertz CT molecular complexity index is 1150. The predicted molar refractivity (Wildman–Crippen MR) is 138 cm³/mol. The second-order valence-corrected chi connectivity index (χ2v) is 10.7. The number of carbonyl (C=O) groups excluding carboxylic acids is 1. The van der Waals surface area contributed by atoms with Gasteiger partial charge in [-0.15, -0.1) is 11.3 Å². The lowest BCUT2D eigenvalue weighted by Gasteiger charge is -2.29. The van der Waals surface area contributed by atoms with E-state index in [0.717, 1.165) is 71.3 Å². The number of anilines is 3. The summed E-state index contributed by atoms with van der Waals surface area (Å²) in [5.74, 6) is 2.39. The molecule has 0 aromatic carbocycles. The highest BCUT2D eigenvalue weighted by molar-refractivity contribution is 7.21. The second-order valence-electron chi connectivity index (χ2n) is 9.67. The first kappa shape index (κ1) is 23.0. The smallest absolute Gasteiger partial charge is 0.263 e. The van der Waals surface area contributed by atoms with Crippen molar-refractivity contribution >= 4 is 44.9 Å². The zero-order valence-corrected chi connectivity index (χ0v) is 21.0. The first-order chi connectivity index (χ1) is 16.5. The summed E-state index contributed by atoms with van der Waals surface area (Å²) in [7, 11) is 3.63. The summed E-state index contributed by atoms with van der Waals surface area (Å²) in [6, 6.07) is 4.06. The monoisotopic (exact) mass is 479 g/mol. The number of aromatic nitrogens is 3. The summed E-state index contributed by atoms with van der Waals surface area (Å²) in [6.07, 6.45) is 8.32. The van der Waals surface area contributed by atoms with E-state index in [1.54, 1.807) is 4.90 Å². The van der Waals surface area contributed by atoms with E-state index in [2.05, 4.69) is 38.5 Å². The summed E-state index contributed by atoms with van der Waals surface area (Å²) in [6.45, 7) is 6.29. The number of nitrogens with zero attached hydrogens (tertiary/aromatic N) is 5. The molecule has 1 amide bonds. The van der Waals surface area contributed by atoms with Gasteiger partial charge in [-0.05, 0) is 36.8 Å². The van der Waals surface area contributed by atoms with Crippen molar-refractivity contribution in [3.63, 3.8) is 0 Å². The van der Waals surface area contributed by atoms with Crippen LogP contribution in [0.5, 0.6) is 0 Å². The van der Waals surface area contributed by atoms with Crippen molar-refractivity contribution < 1.29 is 4.79 Å². The van der Waals surface area contributed by atoms with Crippen LogP contribution >= 0.6 is 11.3 Å². The molecule has 180 valence electrons. The third-order valence-electron chi connectivity index (χ3n) is 6.96. The van der Waals surface area contributed by atoms with E-state index in [-0.39, 0.29) is 5.91 Å². The van der Waals surface area contributed by atoms with Crippen LogP contribution < -0.4 is 15.5 Å². The molecule has 3 aromatic heterocycles. The van der Waals surface area contributed by atoms with Crippen LogP contribution in [0, 0.1) is 5.92 Å². The molecule has 8 nitrogen and oxygen atoms in total. The average Bonchev–Trinajstić information content (AvgIpc) is 3.23. The number of hydrogen-bond acceptors (Lipinski definition) is 8. The largest absolute Gasteiger partial charge is 0.368 e. The molecule has 0 atom stereocenters. The van der Waals surface area contributed by atoms with E-state index in [9.17, 15) is 4.79 Å². The number of carbonyl (C=O) groups is 1. The van der Waals surface area contributed by atoms with Crippen LogP contribution in [0.25, 0.3) is 10.2 Å². The van der Waals surface area contributed by atoms with Crippen molar-refractivity contribution in [3.8, 4) is 0 Å². The Labute approximate surface area is 204 Å². The van der Waals surface area contributed by atoms with Gasteiger partial charge in [0.15, 0.2) is 0 Å². The highest BCUT2D eigenvalue weighted by atomic mass is 32.1. The standard InChI is InChI=1S/C25H33N7OS/c1-16-4-6-17(7-5-16)21-22-19(34-23(21)24(33)31(2)3)15-28-25(30-22)29-20-9-8-18(14-27-20)32-12-10-26-11-13-32/h8-9,14-17,26H,4-7,10-13H2,1-3H3,(H,27,28,29,30). The minimum atomic E-state index is 0.0521. The number of thiophene rings is 1. The zero-order chi connectivity index (χ0) is 23.7. The van der Waals surface area contributed by atoms with Gasteiger partial charge < -0.3 is 20.4 Å². The van der Waals surface area contributed by atoms with Crippen molar-refractivity contribution in [3.05, 3.63) is 35.0 Å². The number of fused-ring (bicyclic) bond motifs is 1. The van der Waals surface area contributed by atoms with Gasteiger partial charge in [-0.1, -0.05) is 19.8 Å². The Kier molecular flexibility index (Phi) is 6.65. The van der Waals surface area contributed by atoms with Crippen LogP contribution in [-0.2, 0) is 0 Å². The molecule has 2 N–H and O–H groups in total. The summed E-state index contributed by atoms with van der Waals surface area (Å²) >= 11 is 1.52. The summed E-state index contributed by atoms with van der Waals surface area (Å²) in [5, 5.41) is 6.64. The molecule has 0 spiro atoms. The van der Waals surface area contributed by atoms with Gasteiger partial charge in [0.1, 0.15) is 5.82 Å². The fraction of sp³-hybridized carbons (Fsp3) is 0.520. The maximum Gasteiger partial charge on any atom is 0.263 e. The second kappa shape index (κ2) is 9.84. The third kappa shape index (κ3) is 4.72. The number of piperazine rings is 1. The van der Waals surface area contributed by atoms with Crippen molar-refractivity contribution in [1.29, 1.82) is 0 Å². The quantitative estimate of drug-likeness (QED) is 0.566. The molecule has 0 unspecified atom stereocenters. The van der Waals surface area contributed by atoms with E-state index in [4.69, 9.17) is 4.98 Å². The SMILES string of the molecule is CC1CCC(c2c(C(=O)N(C)C)sc3cnc(Nc4ccc(N5CCNCC5)cn4)nc23)CC1. The van der Waals surface area contributed by atoms with Gasteiger partial charge in [0, 0.05) is 45.8 Å². The summed E-state index contributed by atoms with van der Waals surface area (Å²) in [4.78, 5) is 31.9. The summed E-state index contributed by atoms with van der Waals surface area (Å²) in [5.41, 5.74) is 3.14. The zero-order valence-electron chi connectivity index (χ0n) is 20.2. The molecule has 1 saturated heterocycles.